The van der Waals surface area contributed by atoms with Gasteiger partial charge in [-0.3, -0.25) is 4.79 Å². The van der Waals surface area contributed by atoms with Crippen LogP contribution in [0, 0.1) is 0 Å². The molecule has 5 nitrogen and oxygen atoms in total. The maximum atomic E-state index is 11.0. The predicted molar refractivity (Wildman–Crippen MR) is 77.0 cm³/mol. The molecule has 0 bridgehead atoms. The van der Waals surface area contributed by atoms with Crippen LogP contribution >= 0.6 is 22.9 Å². The fourth-order valence-electron chi connectivity index (χ4n) is 1.72. The fraction of sp³-hybridized carbons (Fsp3) is 0.0769. The molecule has 2 aromatic heterocycles. The minimum absolute atomic E-state index is 0.366. The first-order valence-corrected chi connectivity index (χ1v) is 6.95. The molecule has 0 radical (unpaired) electrons. The average Bonchev–Trinajstić information content (AvgIpc) is 2.87. The van der Waals surface area contributed by atoms with Crippen LogP contribution in [0.2, 0.25) is 5.15 Å². The highest BCUT2D eigenvalue weighted by Crippen LogP contribution is 2.28. The molecule has 0 saturated heterocycles. The highest BCUT2D eigenvalue weighted by Gasteiger charge is 2.11. The molecular formula is C13H8ClN3O2S. The summed E-state index contributed by atoms with van der Waals surface area (Å²) in [6.07, 6.45) is 0. The summed E-state index contributed by atoms with van der Waals surface area (Å²) in [6, 6.07) is 6.95. The summed E-state index contributed by atoms with van der Waals surface area (Å²) in [5.41, 5.74) is 2.94. The van der Waals surface area contributed by atoms with Gasteiger partial charge in [0, 0.05) is 12.5 Å². The first-order valence-electron chi connectivity index (χ1n) is 5.69. The Balaban J connectivity index is 2.08. The number of hydrogen-bond donors (Lipinski definition) is 0. The van der Waals surface area contributed by atoms with E-state index in [0.29, 0.717) is 27.9 Å². The lowest BCUT2D eigenvalue weighted by Gasteiger charge is -2.04. The van der Waals surface area contributed by atoms with E-state index in [2.05, 4.69) is 15.0 Å². The number of carbonyl (C=O) groups excluding carboxylic acids is 1. The van der Waals surface area contributed by atoms with E-state index in [9.17, 15) is 4.79 Å². The van der Waals surface area contributed by atoms with Gasteiger partial charge in [0.25, 0.3) is 0 Å². The van der Waals surface area contributed by atoms with Crippen molar-refractivity contribution in [1.82, 2.24) is 15.0 Å². The van der Waals surface area contributed by atoms with Gasteiger partial charge < -0.3 is 4.74 Å². The van der Waals surface area contributed by atoms with Gasteiger partial charge >= 0.3 is 5.97 Å². The highest BCUT2D eigenvalue weighted by atomic mass is 35.5. The Kier molecular flexibility index (Phi) is 3.33. The molecule has 0 aliphatic carbocycles. The first-order chi connectivity index (χ1) is 9.63. The maximum Gasteiger partial charge on any atom is 0.308 e. The molecule has 1 aromatic carbocycles. The fourth-order valence-corrected chi connectivity index (χ4v) is 2.63. The lowest BCUT2D eigenvalue weighted by atomic mass is 10.2. The standard InChI is InChI=1S/C13H8ClN3O2S/c1-7(18)19-9-4-2-3-8(5-9)12-16-11(14)10-13(17-12)15-6-20-10/h2-6H,1H3. The van der Waals surface area contributed by atoms with Crippen LogP contribution in [0.4, 0.5) is 0 Å². The Morgan fingerprint density at radius 2 is 2.20 bits per heavy atom. The van der Waals surface area contributed by atoms with E-state index in [1.807, 2.05) is 6.07 Å². The molecular weight excluding hydrogens is 298 g/mol. The van der Waals surface area contributed by atoms with Gasteiger partial charge in [0.1, 0.15) is 10.4 Å². The lowest BCUT2D eigenvalue weighted by molar-refractivity contribution is -0.131. The van der Waals surface area contributed by atoms with Gasteiger partial charge in [-0.15, -0.1) is 11.3 Å². The van der Waals surface area contributed by atoms with E-state index < -0.39 is 0 Å². The molecule has 0 saturated carbocycles. The summed E-state index contributed by atoms with van der Waals surface area (Å²) in [5, 5.41) is 0.366. The molecule has 0 atom stereocenters. The molecule has 0 unspecified atom stereocenters. The highest BCUT2D eigenvalue weighted by molar-refractivity contribution is 7.17. The van der Waals surface area contributed by atoms with Crippen molar-refractivity contribution in [3.63, 3.8) is 0 Å². The van der Waals surface area contributed by atoms with Crippen molar-refractivity contribution >= 4 is 39.3 Å². The Bertz CT molecular complexity index is 803. The van der Waals surface area contributed by atoms with Crippen LogP contribution in [0.1, 0.15) is 6.92 Å². The van der Waals surface area contributed by atoms with E-state index in [1.54, 1.807) is 23.7 Å². The topological polar surface area (TPSA) is 65.0 Å². The van der Waals surface area contributed by atoms with Gasteiger partial charge in [0.15, 0.2) is 16.6 Å². The quantitative estimate of drug-likeness (QED) is 0.413. The smallest absolute Gasteiger partial charge is 0.308 e. The first kappa shape index (κ1) is 13.0. The van der Waals surface area contributed by atoms with Crippen molar-refractivity contribution in [3.8, 4) is 17.1 Å². The van der Waals surface area contributed by atoms with Gasteiger partial charge in [-0.1, -0.05) is 23.7 Å². The van der Waals surface area contributed by atoms with E-state index in [1.165, 1.54) is 18.3 Å². The summed E-state index contributed by atoms with van der Waals surface area (Å²) < 4.78 is 5.79. The van der Waals surface area contributed by atoms with Gasteiger partial charge in [0.2, 0.25) is 0 Å². The number of ether oxygens (including phenoxy) is 1. The molecule has 0 amide bonds. The Morgan fingerprint density at radius 1 is 1.35 bits per heavy atom. The number of carbonyl (C=O) groups is 1. The zero-order valence-electron chi connectivity index (χ0n) is 10.3. The number of halogens is 1. The summed E-state index contributed by atoms with van der Waals surface area (Å²) in [7, 11) is 0. The normalized spacial score (nSPS) is 10.7. The monoisotopic (exact) mass is 305 g/mol. The van der Waals surface area contributed by atoms with Gasteiger partial charge in [-0.25, -0.2) is 15.0 Å². The number of aromatic nitrogens is 3. The van der Waals surface area contributed by atoms with Crippen molar-refractivity contribution in [2.45, 2.75) is 6.92 Å². The second-order valence-corrected chi connectivity index (χ2v) is 5.18. The van der Waals surface area contributed by atoms with Crippen LogP contribution in [0.15, 0.2) is 29.8 Å². The Labute approximate surface area is 123 Å². The zero-order chi connectivity index (χ0) is 14.1. The van der Waals surface area contributed by atoms with Gasteiger partial charge in [-0.05, 0) is 12.1 Å². The minimum Gasteiger partial charge on any atom is -0.427 e. The van der Waals surface area contributed by atoms with Crippen molar-refractivity contribution in [1.29, 1.82) is 0 Å². The average molecular weight is 306 g/mol. The molecule has 0 N–H and O–H groups in total. The number of rotatable bonds is 2. The molecule has 20 heavy (non-hydrogen) atoms. The number of thiazole rings is 1. The summed E-state index contributed by atoms with van der Waals surface area (Å²) in [6.45, 7) is 1.35. The van der Waals surface area contributed by atoms with Crippen molar-refractivity contribution < 1.29 is 9.53 Å². The summed E-state index contributed by atoms with van der Waals surface area (Å²) in [5.74, 6) is 0.506. The van der Waals surface area contributed by atoms with Crippen LogP contribution in [-0.2, 0) is 4.79 Å². The van der Waals surface area contributed by atoms with Gasteiger partial charge in [-0.2, -0.15) is 0 Å². The van der Waals surface area contributed by atoms with Crippen LogP contribution in [0.3, 0.4) is 0 Å². The van der Waals surface area contributed by atoms with Crippen LogP contribution < -0.4 is 4.74 Å². The second kappa shape index (κ2) is 5.15. The van der Waals surface area contributed by atoms with E-state index in [-0.39, 0.29) is 5.97 Å². The summed E-state index contributed by atoms with van der Waals surface area (Å²) in [4.78, 5) is 23.7. The molecule has 0 aliphatic heterocycles. The molecule has 7 heteroatoms. The maximum absolute atomic E-state index is 11.0. The molecule has 0 spiro atoms. The molecule has 100 valence electrons. The predicted octanol–water partition coefficient (Wildman–Crippen LogP) is 3.33. The summed E-state index contributed by atoms with van der Waals surface area (Å²) >= 11 is 7.50. The molecule has 0 aliphatic rings. The van der Waals surface area contributed by atoms with Crippen LogP contribution in [-0.4, -0.2) is 20.9 Å². The lowest BCUT2D eigenvalue weighted by Crippen LogP contribution is -2.01. The largest absolute Gasteiger partial charge is 0.427 e. The zero-order valence-corrected chi connectivity index (χ0v) is 11.9. The third-order valence-electron chi connectivity index (χ3n) is 2.51. The third kappa shape index (κ3) is 2.48. The molecule has 0 fully saturated rings. The number of nitrogens with zero attached hydrogens (tertiary/aromatic N) is 3. The van der Waals surface area contributed by atoms with Crippen molar-refractivity contribution in [2.75, 3.05) is 0 Å². The van der Waals surface area contributed by atoms with E-state index in [0.717, 1.165) is 4.70 Å². The molecule has 3 rings (SSSR count). The van der Waals surface area contributed by atoms with Crippen LogP contribution in [0.25, 0.3) is 21.7 Å². The third-order valence-corrected chi connectivity index (χ3v) is 3.71. The number of fused-ring (bicyclic) bond motifs is 1. The van der Waals surface area contributed by atoms with E-state index >= 15 is 0 Å². The minimum atomic E-state index is -0.379. The number of benzene rings is 1. The van der Waals surface area contributed by atoms with Crippen LogP contribution in [0.5, 0.6) is 5.75 Å². The Morgan fingerprint density at radius 3 is 3.00 bits per heavy atom. The van der Waals surface area contributed by atoms with Gasteiger partial charge in [0.05, 0.1) is 5.51 Å². The Hall–Kier alpha value is -2.05. The van der Waals surface area contributed by atoms with Crippen molar-refractivity contribution in [2.24, 2.45) is 0 Å². The number of hydrogen-bond acceptors (Lipinski definition) is 6. The molecule has 2 heterocycles. The SMILES string of the molecule is CC(=O)Oc1cccc(-c2nc(Cl)c3scnc3n2)c1. The number of esters is 1. The molecule has 3 aromatic rings. The van der Waals surface area contributed by atoms with Crippen molar-refractivity contribution in [3.05, 3.63) is 34.9 Å². The van der Waals surface area contributed by atoms with E-state index in [4.69, 9.17) is 16.3 Å². The second-order valence-electron chi connectivity index (χ2n) is 3.96.